The van der Waals surface area contributed by atoms with E-state index < -0.39 is 0 Å². The average Bonchev–Trinajstić information content (AvgIpc) is 2.38. The molecular weight excluding hydrogens is 252 g/mol. The molecule has 1 aromatic rings. The van der Waals surface area contributed by atoms with E-state index in [1.807, 2.05) is 32.1 Å². The molecule has 3 nitrogen and oxygen atoms in total. The highest BCUT2D eigenvalue weighted by Gasteiger charge is 2.26. The standard InChI is InChI=1S/C17H22O3/c1-12-7-13(2)15(14(8-12)9-18)5-6-16-19-10-17(3,4)11-20-16/h5-9,16H,10-11H2,1-4H3. The molecule has 0 N–H and O–H groups in total. The third-order valence-electron chi connectivity index (χ3n) is 3.39. The van der Waals surface area contributed by atoms with Crippen LogP contribution >= 0.6 is 0 Å². The number of aryl methyl sites for hydroxylation is 2. The van der Waals surface area contributed by atoms with Gasteiger partial charge in [0.05, 0.1) is 13.2 Å². The topological polar surface area (TPSA) is 35.5 Å². The molecule has 1 fully saturated rings. The highest BCUT2D eigenvalue weighted by Crippen LogP contribution is 2.24. The first-order valence-corrected chi connectivity index (χ1v) is 6.89. The molecule has 2 rings (SSSR count). The lowest BCUT2D eigenvalue weighted by atomic mass is 9.95. The summed E-state index contributed by atoms with van der Waals surface area (Å²) in [6.07, 6.45) is 4.36. The molecule has 20 heavy (non-hydrogen) atoms. The smallest absolute Gasteiger partial charge is 0.177 e. The van der Waals surface area contributed by atoms with Gasteiger partial charge in [-0.3, -0.25) is 4.79 Å². The maximum atomic E-state index is 11.2. The minimum atomic E-state index is -0.330. The molecule has 1 aliphatic rings. The van der Waals surface area contributed by atoms with Gasteiger partial charge < -0.3 is 9.47 Å². The molecule has 0 spiro atoms. The van der Waals surface area contributed by atoms with E-state index >= 15 is 0 Å². The molecule has 1 aromatic carbocycles. The van der Waals surface area contributed by atoms with E-state index in [2.05, 4.69) is 19.9 Å². The number of aldehydes is 1. The van der Waals surface area contributed by atoms with Crippen LogP contribution in [0.4, 0.5) is 0 Å². The van der Waals surface area contributed by atoms with Gasteiger partial charge in [-0.2, -0.15) is 0 Å². The maximum Gasteiger partial charge on any atom is 0.177 e. The SMILES string of the molecule is Cc1cc(C)c(C=CC2OCC(C)(C)CO2)c(C=O)c1. The summed E-state index contributed by atoms with van der Waals surface area (Å²) in [5.74, 6) is 0. The molecule has 0 saturated carbocycles. The van der Waals surface area contributed by atoms with Gasteiger partial charge in [-0.15, -0.1) is 0 Å². The van der Waals surface area contributed by atoms with Crippen LogP contribution in [0.1, 0.15) is 40.9 Å². The van der Waals surface area contributed by atoms with Crippen LogP contribution in [0.15, 0.2) is 18.2 Å². The molecule has 0 unspecified atom stereocenters. The Kier molecular flexibility index (Phi) is 4.41. The lowest BCUT2D eigenvalue weighted by Gasteiger charge is -2.33. The summed E-state index contributed by atoms with van der Waals surface area (Å²) in [4.78, 5) is 11.2. The summed E-state index contributed by atoms with van der Waals surface area (Å²) >= 11 is 0. The monoisotopic (exact) mass is 274 g/mol. The molecule has 108 valence electrons. The molecule has 0 amide bonds. The fraction of sp³-hybridized carbons (Fsp3) is 0.471. The summed E-state index contributed by atoms with van der Waals surface area (Å²) in [7, 11) is 0. The zero-order valence-electron chi connectivity index (χ0n) is 12.6. The Morgan fingerprint density at radius 1 is 1.20 bits per heavy atom. The van der Waals surface area contributed by atoms with Gasteiger partial charge in [0.25, 0.3) is 0 Å². The Balaban J connectivity index is 2.14. The van der Waals surface area contributed by atoms with E-state index in [4.69, 9.17) is 9.47 Å². The Bertz CT molecular complexity index is 519. The first-order valence-electron chi connectivity index (χ1n) is 6.89. The van der Waals surface area contributed by atoms with Crippen molar-refractivity contribution in [1.82, 2.24) is 0 Å². The molecule has 0 aromatic heterocycles. The lowest BCUT2D eigenvalue weighted by Crippen LogP contribution is -2.36. The number of hydrogen-bond donors (Lipinski definition) is 0. The second-order valence-electron chi connectivity index (χ2n) is 6.22. The number of hydrogen-bond acceptors (Lipinski definition) is 3. The number of carbonyl (C=O) groups is 1. The summed E-state index contributed by atoms with van der Waals surface area (Å²) in [5.41, 5.74) is 3.88. The average molecular weight is 274 g/mol. The first kappa shape index (κ1) is 14.9. The molecule has 0 atom stereocenters. The van der Waals surface area contributed by atoms with Gasteiger partial charge in [-0.1, -0.05) is 31.6 Å². The van der Waals surface area contributed by atoms with Crippen LogP contribution in [0.25, 0.3) is 6.08 Å². The second kappa shape index (κ2) is 5.90. The largest absolute Gasteiger partial charge is 0.348 e. The van der Waals surface area contributed by atoms with Crippen molar-refractivity contribution in [2.24, 2.45) is 5.41 Å². The van der Waals surface area contributed by atoms with Crippen LogP contribution in [0.2, 0.25) is 0 Å². The van der Waals surface area contributed by atoms with Crippen molar-refractivity contribution in [3.8, 4) is 0 Å². The van der Waals surface area contributed by atoms with E-state index in [1.54, 1.807) is 0 Å². The first-order chi connectivity index (χ1) is 9.41. The Labute approximate surface area is 120 Å². The van der Waals surface area contributed by atoms with Crippen LogP contribution in [0.3, 0.4) is 0 Å². The molecule has 1 aliphatic heterocycles. The van der Waals surface area contributed by atoms with Crippen molar-refractivity contribution in [3.05, 3.63) is 40.5 Å². The van der Waals surface area contributed by atoms with Gasteiger partial charge in [0.1, 0.15) is 0 Å². The van der Waals surface area contributed by atoms with Gasteiger partial charge in [-0.25, -0.2) is 0 Å². The van der Waals surface area contributed by atoms with Crippen molar-refractivity contribution in [1.29, 1.82) is 0 Å². The lowest BCUT2D eigenvalue weighted by molar-refractivity contribution is -0.197. The zero-order valence-corrected chi connectivity index (χ0v) is 12.6. The van der Waals surface area contributed by atoms with E-state index in [9.17, 15) is 4.79 Å². The maximum absolute atomic E-state index is 11.2. The molecular formula is C17H22O3. The molecule has 1 heterocycles. The van der Waals surface area contributed by atoms with E-state index in [-0.39, 0.29) is 11.7 Å². The van der Waals surface area contributed by atoms with Crippen molar-refractivity contribution in [3.63, 3.8) is 0 Å². The molecule has 0 radical (unpaired) electrons. The summed E-state index contributed by atoms with van der Waals surface area (Å²) < 4.78 is 11.3. The predicted octanol–water partition coefficient (Wildman–Crippen LogP) is 3.53. The van der Waals surface area contributed by atoms with Gasteiger partial charge >= 0.3 is 0 Å². The molecule has 1 saturated heterocycles. The fourth-order valence-electron chi connectivity index (χ4n) is 2.33. The molecule has 0 bridgehead atoms. The molecule has 3 heteroatoms. The highest BCUT2D eigenvalue weighted by atomic mass is 16.7. The normalized spacial score (nSPS) is 19.4. The fourth-order valence-corrected chi connectivity index (χ4v) is 2.33. The minimum Gasteiger partial charge on any atom is -0.348 e. The summed E-state index contributed by atoms with van der Waals surface area (Å²) in [6.45, 7) is 9.57. The minimum absolute atomic E-state index is 0.0675. The van der Waals surface area contributed by atoms with Crippen LogP contribution in [0.5, 0.6) is 0 Å². The quantitative estimate of drug-likeness (QED) is 0.791. The third kappa shape index (κ3) is 3.56. The number of rotatable bonds is 3. The zero-order chi connectivity index (χ0) is 14.8. The van der Waals surface area contributed by atoms with Gasteiger partial charge in [0.15, 0.2) is 12.6 Å². The van der Waals surface area contributed by atoms with Crippen LogP contribution in [-0.2, 0) is 9.47 Å². The second-order valence-corrected chi connectivity index (χ2v) is 6.22. The highest BCUT2D eigenvalue weighted by molar-refractivity contribution is 5.83. The third-order valence-corrected chi connectivity index (χ3v) is 3.39. The van der Waals surface area contributed by atoms with Gasteiger partial charge in [-0.05, 0) is 37.1 Å². The van der Waals surface area contributed by atoms with Crippen LogP contribution < -0.4 is 0 Å². The number of ether oxygens (including phenoxy) is 2. The number of benzene rings is 1. The van der Waals surface area contributed by atoms with Gasteiger partial charge in [0, 0.05) is 11.0 Å². The summed E-state index contributed by atoms with van der Waals surface area (Å²) in [6, 6.07) is 3.96. The summed E-state index contributed by atoms with van der Waals surface area (Å²) in [5, 5.41) is 0. The van der Waals surface area contributed by atoms with Crippen LogP contribution in [-0.4, -0.2) is 25.8 Å². The number of carbonyl (C=O) groups excluding carboxylic acids is 1. The Morgan fingerprint density at radius 3 is 2.45 bits per heavy atom. The Hall–Kier alpha value is -1.45. The van der Waals surface area contributed by atoms with Crippen LogP contribution in [0, 0.1) is 19.3 Å². The Morgan fingerprint density at radius 2 is 1.85 bits per heavy atom. The van der Waals surface area contributed by atoms with E-state index in [0.29, 0.717) is 18.8 Å². The van der Waals surface area contributed by atoms with E-state index in [0.717, 1.165) is 23.0 Å². The molecule has 0 aliphatic carbocycles. The van der Waals surface area contributed by atoms with Crippen molar-refractivity contribution < 1.29 is 14.3 Å². The van der Waals surface area contributed by atoms with Crippen molar-refractivity contribution in [2.45, 2.75) is 34.0 Å². The van der Waals surface area contributed by atoms with E-state index in [1.165, 1.54) is 0 Å². The van der Waals surface area contributed by atoms with Gasteiger partial charge in [0.2, 0.25) is 0 Å². The van der Waals surface area contributed by atoms with Crippen molar-refractivity contribution >= 4 is 12.4 Å². The van der Waals surface area contributed by atoms with Crippen molar-refractivity contribution in [2.75, 3.05) is 13.2 Å². The predicted molar refractivity (Wildman–Crippen MR) is 79.8 cm³/mol.